The molecule has 636 valence electrons. The van der Waals surface area contributed by atoms with E-state index in [2.05, 4.69) is 109 Å². The van der Waals surface area contributed by atoms with Crippen molar-refractivity contribution in [2.75, 3.05) is 12.3 Å². The van der Waals surface area contributed by atoms with Gasteiger partial charge in [-0.05, 0) is 133 Å². The largest absolute Gasteiger partial charge is 2.00 e. The minimum absolute atomic E-state index is 0. The summed E-state index contributed by atoms with van der Waals surface area (Å²) in [6, 6.07) is 4.26. The summed E-state index contributed by atoms with van der Waals surface area (Å²) in [7, 11) is -9.08. The minimum Gasteiger partial charge on any atom is -0.811 e. The van der Waals surface area contributed by atoms with Crippen LogP contribution in [0.1, 0.15) is 540 Å². The van der Waals surface area contributed by atoms with Gasteiger partial charge in [0.1, 0.15) is 11.5 Å². The quantitative estimate of drug-likeness (QED) is 0.0375. The first kappa shape index (κ1) is 114. The Labute approximate surface area is 766 Å². The van der Waals surface area contributed by atoms with Crippen molar-refractivity contribution in [2.45, 2.75) is 542 Å². The second-order valence-corrected chi connectivity index (χ2v) is 40.3. The Hall–Kier alpha value is 1.48. The maximum absolute atomic E-state index is 11.7. The number of hydrogen-bond donors (Lipinski definition) is 2. The first-order valence-electron chi connectivity index (χ1n) is 47.4. The second kappa shape index (κ2) is 70.1. The van der Waals surface area contributed by atoms with Gasteiger partial charge in [-0.25, -0.2) is 0 Å². The monoisotopic (exact) mass is 1830 g/mol. The Kier molecular flexibility index (Phi) is 72.3. The smallest absolute Gasteiger partial charge is 0.811 e. The molecule has 2 aromatic rings. The summed E-state index contributed by atoms with van der Waals surface area (Å²) in [5, 5.41) is 23.5. The first-order valence-corrected chi connectivity index (χ1v) is 50.9. The van der Waals surface area contributed by atoms with Crippen LogP contribution in [-0.4, -0.2) is 120 Å². The summed E-state index contributed by atoms with van der Waals surface area (Å²) in [5.41, 5.74) is 7.80. The molecule has 0 radical (unpaired) electrons. The molecule has 0 fully saturated rings. The summed E-state index contributed by atoms with van der Waals surface area (Å²) in [6.07, 6.45) is 84.6. The summed E-state index contributed by atoms with van der Waals surface area (Å²) in [4.78, 5) is 45.8. The summed E-state index contributed by atoms with van der Waals surface area (Å²) >= 11 is 0. The molecule has 0 spiro atoms. The Morgan fingerprint density at radius 1 is 0.255 bits per heavy atom. The Balaban J connectivity index is 0. The number of phenols is 2. The molecule has 0 amide bonds. The first-order chi connectivity index (χ1) is 51.6. The van der Waals surface area contributed by atoms with Crippen LogP contribution in [0.15, 0.2) is 12.1 Å². The van der Waals surface area contributed by atoms with Gasteiger partial charge in [0.05, 0.1) is 0 Å². The third kappa shape index (κ3) is 56.1. The molecule has 2 N–H and O–H groups in total. The summed E-state index contributed by atoms with van der Waals surface area (Å²) < 4.78 is 22.9. The normalized spacial score (nSPS) is 12.4. The van der Waals surface area contributed by atoms with E-state index in [1.165, 1.54) is 358 Å². The van der Waals surface area contributed by atoms with Gasteiger partial charge in [-0.1, -0.05) is 471 Å². The number of unbranched alkanes of at least 4 members (excludes halogenated alkanes) is 54. The molecule has 12 heteroatoms. The molecule has 0 atom stereocenters. The third-order valence-corrected chi connectivity index (χ3v) is 27.4. The Bertz CT molecular complexity index is 2390. The third-order valence-electron chi connectivity index (χ3n) is 25.7. The van der Waals surface area contributed by atoms with E-state index in [1.807, 2.05) is 0 Å². The number of rotatable bonds is 74. The number of phenolic OH excluding ortho intramolecular Hbond substituents is 2. The summed E-state index contributed by atoms with van der Waals surface area (Å²) in [6.45, 7) is 30.8. The molecule has 0 saturated carbocycles. The van der Waals surface area contributed by atoms with Crippen LogP contribution in [0.3, 0.4) is 0 Å². The van der Waals surface area contributed by atoms with Crippen molar-refractivity contribution in [3.8, 4) is 11.5 Å². The van der Waals surface area contributed by atoms with Gasteiger partial charge < -0.3 is 38.9 Å². The van der Waals surface area contributed by atoms with E-state index in [9.17, 15) is 38.9 Å². The van der Waals surface area contributed by atoms with Crippen LogP contribution in [0, 0.1) is 0 Å². The Morgan fingerprint density at radius 3 is 0.573 bits per heavy atom. The van der Waals surface area contributed by atoms with Crippen LogP contribution in [0.5, 0.6) is 11.5 Å². The van der Waals surface area contributed by atoms with Gasteiger partial charge in [0.2, 0.25) is 0 Å². The van der Waals surface area contributed by atoms with Crippen molar-refractivity contribution < 1.29 is 38.9 Å². The average molecular weight is 1830 g/mol. The van der Waals surface area contributed by atoms with Gasteiger partial charge >= 0.3 is 97.8 Å². The second-order valence-electron chi connectivity index (χ2n) is 37.0. The van der Waals surface area contributed by atoms with E-state index in [-0.39, 0.29) is 132 Å². The molecular formula is C98H182Ba2O8P2. The molecule has 0 aliphatic carbocycles. The fourth-order valence-corrected chi connectivity index (χ4v) is 17.7. The predicted molar refractivity (Wildman–Crippen MR) is 480 cm³/mol. The van der Waals surface area contributed by atoms with Crippen molar-refractivity contribution >= 4 is 113 Å². The molecule has 0 saturated heterocycles. The maximum Gasteiger partial charge on any atom is 2.00 e. The summed E-state index contributed by atoms with van der Waals surface area (Å²) in [5.74, 6) is 0.844. The minimum atomic E-state index is -4.54. The van der Waals surface area contributed by atoms with Crippen LogP contribution in [0.25, 0.3) is 0 Å². The number of benzene rings is 2. The van der Waals surface area contributed by atoms with Gasteiger partial charge in [-0.15, -0.1) is 0 Å². The molecule has 110 heavy (non-hydrogen) atoms. The molecule has 0 heterocycles. The van der Waals surface area contributed by atoms with E-state index in [0.717, 1.165) is 84.7 Å². The van der Waals surface area contributed by atoms with Gasteiger partial charge in [-0.3, -0.25) is 0 Å². The van der Waals surface area contributed by atoms with Gasteiger partial charge in [0, 0.05) is 22.3 Å². The molecule has 8 nitrogen and oxygen atoms in total. The van der Waals surface area contributed by atoms with E-state index >= 15 is 0 Å². The predicted octanol–water partition coefficient (Wildman–Crippen LogP) is 29.4. The van der Waals surface area contributed by atoms with Gasteiger partial charge in [-0.2, -0.15) is 0 Å². The zero-order valence-electron chi connectivity index (χ0n) is 75.9. The van der Waals surface area contributed by atoms with Crippen LogP contribution in [0.4, 0.5) is 0 Å². The van der Waals surface area contributed by atoms with Crippen LogP contribution in [0.2, 0.25) is 0 Å². The van der Waals surface area contributed by atoms with Gasteiger partial charge in [0.15, 0.2) is 0 Å². The van der Waals surface area contributed by atoms with Gasteiger partial charge in [0.25, 0.3) is 0 Å². The molecule has 0 unspecified atom stereocenters. The van der Waals surface area contributed by atoms with E-state index in [1.54, 1.807) is 0 Å². The average Bonchev–Trinajstić information content (AvgIpc) is 0.763. The molecule has 0 aliphatic rings. The SMILES string of the molecule is CCCCCCCCCCCCCCCCCCCCCCCCCCCCCCc1c(CCCP(=O)([O-])[O-])cc(C(C)(C)CC)c(O)c1C(C)(C)CC.CCCCCCCCCCCCCCCCCCCCCCCCCCCCCCc1c(CCCP(=O)([O-])[O-])cc(C(C)(C)CC)c(O)c1C(C)(C)CC.[Ba+2].[Ba+2]. The standard InChI is InChI=1S/2C49H93O4P.2Ba/c2*1-8-11-12-13-14-15-16-17-18-19-20-21-22-23-24-25-26-27-28-29-30-31-32-33-34-35-36-37-40-44-43(39-38-41-54(51,52)53)42-45(48(4,5)9-2)47(50)46(44)49(6,7)10-3;;/h2*42,50H,8-41H2,1-7H3,(H2,51,52,53);;/q;;2*+2/p-4. The van der Waals surface area contributed by atoms with Crippen molar-refractivity contribution in [3.05, 3.63) is 56.6 Å². The van der Waals surface area contributed by atoms with Crippen molar-refractivity contribution in [3.63, 3.8) is 0 Å². The molecule has 0 aliphatic heterocycles. The van der Waals surface area contributed by atoms with E-state index in [4.69, 9.17) is 0 Å². The van der Waals surface area contributed by atoms with E-state index < -0.39 is 15.2 Å². The van der Waals surface area contributed by atoms with Crippen LogP contribution < -0.4 is 19.6 Å². The van der Waals surface area contributed by atoms with E-state index in [0.29, 0.717) is 37.2 Å². The molecule has 0 bridgehead atoms. The Morgan fingerprint density at radius 2 is 0.418 bits per heavy atom. The maximum atomic E-state index is 11.7. The molecule has 2 rings (SSSR count). The molecular weight excluding hydrogens is 1640 g/mol. The number of hydrogen-bond acceptors (Lipinski definition) is 8. The topological polar surface area (TPSA) is 167 Å². The zero-order valence-corrected chi connectivity index (χ0v) is 86.6. The number of aromatic hydroxyl groups is 2. The van der Waals surface area contributed by atoms with Crippen LogP contribution >= 0.6 is 15.2 Å². The molecule has 0 aromatic heterocycles. The molecule has 2 aromatic carbocycles. The zero-order chi connectivity index (χ0) is 80.3. The van der Waals surface area contributed by atoms with Crippen molar-refractivity contribution in [1.29, 1.82) is 0 Å². The van der Waals surface area contributed by atoms with Crippen molar-refractivity contribution in [2.24, 2.45) is 0 Å². The fourth-order valence-electron chi connectivity index (χ4n) is 16.6. The number of aryl methyl sites for hydroxylation is 2. The van der Waals surface area contributed by atoms with Crippen molar-refractivity contribution in [1.82, 2.24) is 0 Å². The van der Waals surface area contributed by atoms with Crippen LogP contribution in [-0.2, 0) is 56.5 Å². The fraction of sp³-hybridized carbons (Fsp3) is 0.878.